The van der Waals surface area contributed by atoms with Crippen molar-refractivity contribution in [1.82, 2.24) is 0 Å². The predicted octanol–water partition coefficient (Wildman–Crippen LogP) is 7.72. The first-order valence-corrected chi connectivity index (χ1v) is 20.0. The molecule has 0 amide bonds. The highest BCUT2D eigenvalue weighted by Crippen LogP contribution is 2.34. The molecule has 0 aromatic heterocycles. The molecular formula is C20H26Br4Si2. The van der Waals surface area contributed by atoms with Crippen molar-refractivity contribution < 1.29 is 0 Å². The van der Waals surface area contributed by atoms with Gasteiger partial charge in [0.15, 0.2) is 0 Å². The Hall–Kier alpha value is 0.694. The minimum Gasteiger partial charge on any atom is -0.127 e. The summed E-state index contributed by atoms with van der Waals surface area (Å²) in [4.78, 5) is 0. The molecule has 1 aromatic carbocycles. The van der Waals surface area contributed by atoms with Gasteiger partial charge in [0.2, 0.25) is 0 Å². The van der Waals surface area contributed by atoms with Gasteiger partial charge in [-0.25, -0.2) is 0 Å². The first-order chi connectivity index (χ1) is 12.0. The van der Waals surface area contributed by atoms with Crippen LogP contribution >= 0.6 is 63.7 Å². The first-order valence-electron chi connectivity index (χ1n) is 8.48. The second kappa shape index (κ2) is 10.5. The van der Waals surface area contributed by atoms with Crippen LogP contribution < -0.4 is 0 Å². The van der Waals surface area contributed by atoms with E-state index in [9.17, 15) is 0 Å². The van der Waals surface area contributed by atoms with Crippen molar-refractivity contribution in [2.45, 2.75) is 60.6 Å². The van der Waals surface area contributed by atoms with E-state index in [2.05, 4.69) is 126 Å². The Morgan fingerprint density at radius 3 is 0.923 bits per heavy atom. The van der Waals surface area contributed by atoms with Gasteiger partial charge in [-0.05, 0) is 22.3 Å². The van der Waals surface area contributed by atoms with Gasteiger partial charge >= 0.3 is 0 Å². The third-order valence-corrected chi connectivity index (χ3v) is 7.59. The molecule has 0 spiro atoms. The fraction of sp³-hybridized carbons (Fsp3) is 0.500. The van der Waals surface area contributed by atoms with E-state index in [1.807, 2.05) is 0 Å². The van der Waals surface area contributed by atoms with Crippen LogP contribution in [0.3, 0.4) is 0 Å². The molecule has 0 N–H and O–H groups in total. The molecule has 0 bridgehead atoms. The Balaban J connectivity index is 3.95. The zero-order valence-electron chi connectivity index (χ0n) is 16.3. The van der Waals surface area contributed by atoms with Crippen LogP contribution in [0.25, 0.3) is 0 Å². The summed E-state index contributed by atoms with van der Waals surface area (Å²) < 4.78 is 0. The van der Waals surface area contributed by atoms with Gasteiger partial charge in [0, 0.05) is 32.4 Å². The first kappa shape index (κ1) is 24.7. The monoisotopic (exact) mass is 638 g/mol. The third kappa shape index (κ3) is 6.94. The quantitative estimate of drug-likeness (QED) is 0.179. The van der Waals surface area contributed by atoms with Gasteiger partial charge in [-0.1, -0.05) is 115 Å². The predicted molar refractivity (Wildman–Crippen MR) is 137 cm³/mol. The maximum atomic E-state index is 3.71. The molecule has 0 saturated heterocycles. The van der Waals surface area contributed by atoms with Gasteiger partial charge in [0.1, 0.15) is 16.1 Å². The summed E-state index contributed by atoms with van der Waals surface area (Å²) >= 11 is 14.8. The molecule has 0 aliphatic rings. The number of hydrogen-bond acceptors (Lipinski definition) is 0. The second-order valence-corrected chi connectivity index (χ2v) is 19.9. The fourth-order valence-electron chi connectivity index (χ4n) is 2.36. The minimum atomic E-state index is -1.46. The smallest absolute Gasteiger partial charge is 0.127 e. The molecule has 0 aliphatic heterocycles. The maximum absolute atomic E-state index is 3.71. The van der Waals surface area contributed by atoms with Gasteiger partial charge in [0.05, 0.1) is 0 Å². The van der Waals surface area contributed by atoms with Gasteiger partial charge < -0.3 is 0 Å². The lowest BCUT2D eigenvalue weighted by Gasteiger charge is -2.20. The Morgan fingerprint density at radius 1 is 0.538 bits per heavy atom. The van der Waals surface area contributed by atoms with E-state index in [1.54, 1.807) is 0 Å². The largest absolute Gasteiger partial charge is 0.129 e. The van der Waals surface area contributed by atoms with E-state index in [0.29, 0.717) is 0 Å². The lowest BCUT2D eigenvalue weighted by Crippen LogP contribution is -2.17. The molecule has 6 heteroatoms. The number of rotatable bonds is 4. The van der Waals surface area contributed by atoms with E-state index in [0.717, 1.165) is 21.3 Å². The molecule has 0 atom stereocenters. The molecule has 142 valence electrons. The molecule has 0 nitrogen and oxygen atoms in total. The third-order valence-electron chi connectivity index (χ3n) is 3.60. The topological polar surface area (TPSA) is 0 Å². The summed E-state index contributed by atoms with van der Waals surface area (Å²) in [5.74, 6) is 7.09. The lowest BCUT2D eigenvalue weighted by atomic mass is 9.89. The van der Waals surface area contributed by atoms with Crippen molar-refractivity contribution in [3.05, 3.63) is 33.4 Å². The van der Waals surface area contributed by atoms with Crippen LogP contribution in [0.15, 0.2) is 0 Å². The normalized spacial score (nSPS) is 11.5. The Labute approximate surface area is 195 Å². The van der Waals surface area contributed by atoms with Crippen LogP contribution in [0.4, 0.5) is 0 Å². The molecular weight excluding hydrogens is 616 g/mol. The van der Waals surface area contributed by atoms with Crippen LogP contribution in [0.1, 0.15) is 33.4 Å². The van der Waals surface area contributed by atoms with Crippen molar-refractivity contribution >= 4 is 79.9 Å². The maximum Gasteiger partial charge on any atom is 0.129 e. The lowest BCUT2D eigenvalue weighted by molar-refractivity contribution is 1.17. The van der Waals surface area contributed by atoms with Crippen LogP contribution in [0, 0.1) is 22.9 Å². The van der Waals surface area contributed by atoms with Gasteiger partial charge in [-0.2, -0.15) is 0 Å². The standard InChI is InChI=1S/C20H26Br4Si2/c1-25(2,3)9-7-15-17(11-21)19(13-23)16(8-10-26(4,5)6)20(14-24)18(15)12-22/h11-14H2,1-6H3. The van der Waals surface area contributed by atoms with Crippen LogP contribution in [0.5, 0.6) is 0 Å². The van der Waals surface area contributed by atoms with Crippen LogP contribution in [0.2, 0.25) is 39.3 Å². The molecule has 1 rings (SSSR count). The van der Waals surface area contributed by atoms with Crippen molar-refractivity contribution in [3.8, 4) is 22.9 Å². The summed E-state index contributed by atoms with van der Waals surface area (Å²) in [6, 6.07) is 0. The van der Waals surface area contributed by atoms with Crippen molar-refractivity contribution in [2.75, 3.05) is 0 Å². The van der Waals surface area contributed by atoms with Gasteiger partial charge in [-0.3, -0.25) is 0 Å². The summed E-state index contributed by atoms with van der Waals surface area (Å²) in [6.07, 6.45) is 0. The highest BCUT2D eigenvalue weighted by Gasteiger charge is 2.21. The Bertz CT molecular complexity index is 679. The highest BCUT2D eigenvalue weighted by atomic mass is 79.9. The molecule has 0 heterocycles. The Morgan fingerprint density at radius 2 is 0.769 bits per heavy atom. The molecule has 1 aromatic rings. The number of benzene rings is 1. The van der Waals surface area contributed by atoms with E-state index in [-0.39, 0.29) is 0 Å². The molecule has 0 radical (unpaired) electrons. The summed E-state index contributed by atoms with van der Waals surface area (Å²) in [7, 11) is -2.92. The van der Waals surface area contributed by atoms with E-state index < -0.39 is 16.1 Å². The minimum absolute atomic E-state index is 0.786. The van der Waals surface area contributed by atoms with E-state index in [4.69, 9.17) is 0 Å². The summed E-state index contributed by atoms with van der Waals surface area (Å²) in [5.41, 5.74) is 14.5. The number of hydrogen-bond donors (Lipinski definition) is 0. The summed E-state index contributed by atoms with van der Waals surface area (Å²) in [5, 5.41) is 3.14. The van der Waals surface area contributed by atoms with Gasteiger partial charge in [0.25, 0.3) is 0 Å². The van der Waals surface area contributed by atoms with Gasteiger partial charge in [-0.15, -0.1) is 11.1 Å². The molecule has 0 unspecified atom stereocenters. The molecule has 0 fully saturated rings. The average Bonchev–Trinajstić information content (AvgIpc) is 2.54. The van der Waals surface area contributed by atoms with E-state index >= 15 is 0 Å². The van der Waals surface area contributed by atoms with E-state index in [1.165, 1.54) is 33.4 Å². The fourth-order valence-corrected chi connectivity index (χ4v) is 5.83. The van der Waals surface area contributed by atoms with Crippen LogP contribution in [-0.4, -0.2) is 16.1 Å². The SMILES string of the molecule is C[Si](C)(C)C#Cc1c(CBr)c(CBr)c(C#C[Si](C)(C)C)c(CBr)c1CBr. The number of halogens is 4. The Kier molecular flexibility index (Phi) is 9.95. The second-order valence-electron chi connectivity index (χ2n) is 8.20. The molecule has 0 aliphatic carbocycles. The molecule has 26 heavy (non-hydrogen) atoms. The summed E-state index contributed by atoms with van der Waals surface area (Å²) in [6.45, 7) is 13.7. The van der Waals surface area contributed by atoms with Crippen molar-refractivity contribution in [1.29, 1.82) is 0 Å². The molecule has 0 saturated carbocycles. The highest BCUT2D eigenvalue weighted by molar-refractivity contribution is 9.09. The average molecular weight is 642 g/mol. The zero-order valence-corrected chi connectivity index (χ0v) is 24.7. The van der Waals surface area contributed by atoms with Crippen LogP contribution in [-0.2, 0) is 21.3 Å². The number of alkyl halides is 4. The zero-order chi connectivity index (χ0) is 20.1. The van der Waals surface area contributed by atoms with Crippen molar-refractivity contribution in [2.24, 2.45) is 0 Å². The van der Waals surface area contributed by atoms with Crippen molar-refractivity contribution in [3.63, 3.8) is 0 Å².